The highest BCUT2D eigenvalue weighted by Crippen LogP contribution is 2.42. The fraction of sp³-hybridized carbons (Fsp3) is 0.143. The zero-order valence-corrected chi connectivity index (χ0v) is 13.1. The number of hydrogen-bond acceptors (Lipinski definition) is 6. The maximum absolute atomic E-state index is 12.4. The van der Waals surface area contributed by atoms with Crippen molar-refractivity contribution in [1.82, 2.24) is 4.98 Å². The third-order valence-corrected chi connectivity index (χ3v) is 5.29. The van der Waals surface area contributed by atoms with Gasteiger partial charge in [-0.05, 0) is 5.56 Å². The molecule has 8 heteroatoms. The highest BCUT2D eigenvalue weighted by Gasteiger charge is 2.46. The predicted molar refractivity (Wildman–Crippen MR) is 83.3 cm³/mol. The van der Waals surface area contributed by atoms with Gasteiger partial charge in [0.2, 0.25) is 0 Å². The maximum Gasteiger partial charge on any atom is 0.296 e. The first kappa shape index (κ1) is 14.7. The largest absolute Gasteiger partial charge is 0.502 e. The Labute approximate surface area is 131 Å². The molecule has 1 aliphatic rings. The minimum Gasteiger partial charge on any atom is -0.502 e. The van der Waals surface area contributed by atoms with Crippen LogP contribution in [0.4, 0.5) is 5.13 Å². The number of carbonyl (C=O) groups is 1. The molecule has 1 aromatic carbocycles. The fourth-order valence-electron chi connectivity index (χ4n) is 2.43. The van der Waals surface area contributed by atoms with E-state index in [0.717, 1.165) is 6.26 Å². The molecule has 2 aromatic rings. The van der Waals surface area contributed by atoms with Crippen molar-refractivity contribution < 1.29 is 18.3 Å². The van der Waals surface area contributed by atoms with Crippen LogP contribution < -0.4 is 4.90 Å². The van der Waals surface area contributed by atoms with Crippen LogP contribution in [-0.4, -0.2) is 30.7 Å². The number of amides is 1. The molecule has 0 aliphatic carbocycles. The van der Waals surface area contributed by atoms with Crippen molar-refractivity contribution in [2.75, 3.05) is 11.2 Å². The number of nitrogens with zero attached hydrogens (tertiary/aromatic N) is 2. The highest BCUT2D eigenvalue weighted by atomic mass is 32.2. The van der Waals surface area contributed by atoms with Gasteiger partial charge in [-0.15, -0.1) is 11.3 Å². The Balaban J connectivity index is 2.24. The molecular formula is C14H12N2O4S2. The van der Waals surface area contributed by atoms with E-state index in [1.165, 1.54) is 22.4 Å². The minimum atomic E-state index is -3.76. The summed E-state index contributed by atoms with van der Waals surface area (Å²) >= 11 is 1.20. The molecule has 6 nitrogen and oxygen atoms in total. The molecule has 1 aromatic heterocycles. The van der Waals surface area contributed by atoms with Crippen LogP contribution in [0, 0.1) is 0 Å². The Morgan fingerprint density at radius 3 is 2.50 bits per heavy atom. The van der Waals surface area contributed by atoms with E-state index in [1.807, 2.05) is 0 Å². The van der Waals surface area contributed by atoms with Crippen LogP contribution in [0.25, 0.3) is 0 Å². The molecule has 0 bridgehead atoms. The van der Waals surface area contributed by atoms with Crippen LogP contribution in [0.2, 0.25) is 0 Å². The molecule has 1 amide bonds. The van der Waals surface area contributed by atoms with Gasteiger partial charge in [0.15, 0.2) is 20.7 Å². The standard InChI is InChI=1S/C14H12N2O4S2/c1-22(19,20)12-10(9-5-3-2-4-6-9)16(13(18)11(12)17)14-15-7-8-21-14/h2-8,10,17H,1H3. The lowest BCUT2D eigenvalue weighted by Gasteiger charge is -2.24. The lowest BCUT2D eigenvalue weighted by molar-refractivity contribution is -0.117. The van der Waals surface area contributed by atoms with Gasteiger partial charge in [0.25, 0.3) is 5.91 Å². The number of anilines is 1. The topological polar surface area (TPSA) is 87.6 Å². The number of aliphatic hydroxyl groups excluding tert-OH is 1. The molecule has 2 heterocycles. The highest BCUT2D eigenvalue weighted by molar-refractivity contribution is 7.94. The number of aromatic nitrogens is 1. The van der Waals surface area contributed by atoms with E-state index >= 15 is 0 Å². The lowest BCUT2D eigenvalue weighted by atomic mass is 10.1. The molecule has 0 radical (unpaired) electrons. The monoisotopic (exact) mass is 336 g/mol. The number of sulfone groups is 1. The molecule has 1 N–H and O–H groups in total. The second-order valence-corrected chi connectivity index (χ2v) is 7.65. The average molecular weight is 336 g/mol. The molecule has 0 saturated heterocycles. The number of benzene rings is 1. The summed E-state index contributed by atoms with van der Waals surface area (Å²) in [6.45, 7) is 0. The second-order valence-electron chi connectivity index (χ2n) is 4.79. The van der Waals surface area contributed by atoms with E-state index < -0.39 is 27.5 Å². The van der Waals surface area contributed by atoms with E-state index in [2.05, 4.69) is 4.98 Å². The maximum atomic E-state index is 12.4. The summed E-state index contributed by atoms with van der Waals surface area (Å²) in [5.41, 5.74) is 0.593. The van der Waals surface area contributed by atoms with Gasteiger partial charge in [0, 0.05) is 17.8 Å². The summed E-state index contributed by atoms with van der Waals surface area (Å²) in [5.74, 6) is -1.50. The van der Waals surface area contributed by atoms with Gasteiger partial charge in [-0.3, -0.25) is 9.69 Å². The van der Waals surface area contributed by atoms with Crippen molar-refractivity contribution >= 4 is 32.2 Å². The van der Waals surface area contributed by atoms with Crippen LogP contribution >= 0.6 is 11.3 Å². The van der Waals surface area contributed by atoms with Gasteiger partial charge in [-0.25, -0.2) is 13.4 Å². The Hall–Kier alpha value is -2.19. The van der Waals surface area contributed by atoms with Gasteiger partial charge in [0.1, 0.15) is 10.9 Å². The van der Waals surface area contributed by atoms with Crippen molar-refractivity contribution in [3.8, 4) is 0 Å². The Morgan fingerprint density at radius 2 is 1.95 bits per heavy atom. The van der Waals surface area contributed by atoms with E-state index in [1.54, 1.807) is 35.7 Å². The molecule has 3 rings (SSSR count). The van der Waals surface area contributed by atoms with Gasteiger partial charge < -0.3 is 5.11 Å². The molecule has 1 unspecified atom stereocenters. The number of carbonyl (C=O) groups excluding carboxylic acids is 1. The zero-order valence-electron chi connectivity index (χ0n) is 11.5. The Bertz CT molecular complexity index is 842. The van der Waals surface area contributed by atoms with E-state index in [4.69, 9.17) is 0 Å². The Kier molecular flexibility index (Phi) is 3.50. The summed E-state index contributed by atoms with van der Waals surface area (Å²) in [6.07, 6.45) is 2.50. The first-order valence-corrected chi connectivity index (χ1v) is 9.09. The van der Waals surface area contributed by atoms with Crippen LogP contribution in [0.3, 0.4) is 0 Å². The van der Waals surface area contributed by atoms with Crippen LogP contribution in [0.5, 0.6) is 0 Å². The average Bonchev–Trinajstić information content (AvgIpc) is 3.07. The van der Waals surface area contributed by atoms with Crippen LogP contribution in [0.1, 0.15) is 11.6 Å². The summed E-state index contributed by atoms with van der Waals surface area (Å²) in [6, 6.07) is 7.79. The zero-order chi connectivity index (χ0) is 15.9. The molecule has 1 aliphatic heterocycles. The molecule has 22 heavy (non-hydrogen) atoms. The van der Waals surface area contributed by atoms with Crippen molar-refractivity contribution in [3.05, 3.63) is 58.1 Å². The van der Waals surface area contributed by atoms with Crippen LogP contribution in [-0.2, 0) is 14.6 Å². The summed E-state index contributed by atoms with van der Waals surface area (Å²) in [7, 11) is -3.76. The van der Waals surface area contributed by atoms with Gasteiger partial charge in [-0.2, -0.15) is 0 Å². The molecule has 1 atom stereocenters. The molecule has 0 fully saturated rings. The van der Waals surface area contributed by atoms with Crippen molar-refractivity contribution in [1.29, 1.82) is 0 Å². The van der Waals surface area contributed by atoms with Gasteiger partial charge in [0.05, 0.1) is 0 Å². The van der Waals surface area contributed by atoms with Crippen molar-refractivity contribution in [2.45, 2.75) is 6.04 Å². The second kappa shape index (κ2) is 5.22. The van der Waals surface area contributed by atoms with Crippen LogP contribution in [0.15, 0.2) is 52.6 Å². The lowest BCUT2D eigenvalue weighted by Crippen LogP contribution is -2.30. The number of hydrogen-bond donors (Lipinski definition) is 1. The molecule has 114 valence electrons. The third-order valence-electron chi connectivity index (χ3n) is 3.30. The van der Waals surface area contributed by atoms with Crippen molar-refractivity contribution in [2.24, 2.45) is 0 Å². The Morgan fingerprint density at radius 1 is 1.27 bits per heavy atom. The first-order chi connectivity index (χ1) is 10.4. The summed E-state index contributed by atoms with van der Waals surface area (Å²) in [5, 5.41) is 12.1. The third kappa shape index (κ3) is 2.30. The van der Waals surface area contributed by atoms with E-state index in [9.17, 15) is 18.3 Å². The number of thiazole rings is 1. The normalized spacial score (nSPS) is 19.0. The number of rotatable bonds is 3. The predicted octanol–water partition coefficient (Wildman–Crippen LogP) is 2.05. The smallest absolute Gasteiger partial charge is 0.296 e. The van der Waals surface area contributed by atoms with Gasteiger partial charge >= 0.3 is 0 Å². The summed E-state index contributed by atoms with van der Waals surface area (Å²) < 4.78 is 24.1. The van der Waals surface area contributed by atoms with Gasteiger partial charge in [-0.1, -0.05) is 30.3 Å². The van der Waals surface area contributed by atoms with Crippen molar-refractivity contribution in [3.63, 3.8) is 0 Å². The van der Waals surface area contributed by atoms with E-state index in [-0.39, 0.29) is 4.91 Å². The minimum absolute atomic E-state index is 0.293. The molecule has 0 saturated carbocycles. The first-order valence-electron chi connectivity index (χ1n) is 6.32. The summed E-state index contributed by atoms with van der Waals surface area (Å²) in [4.78, 5) is 17.4. The fourth-order valence-corrected chi connectivity index (χ4v) is 4.18. The molecule has 0 spiro atoms. The number of aliphatic hydroxyl groups is 1. The van der Waals surface area contributed by atoms with E-state index in [0.29, 0.717) is 10.7 Å². The molecular weight excluding hydrogens is 324 g/mol. The quantitative estimate of drug-likeness (QED) is 0.927. The SMILES string of the molecule is CS(=O)(=O)C1=C(O)C(=O)N(c2nccs2)C1c1ccccc1.